The van der Waals surface area contributed by atoms with Crippen LogP contribution in [0.5, 0.6) is 5.88 Å². The zero-order chi connectivity index (χ0) is 11.7. The second-order valence-electron chi connectivity index (χ2n) is 2.96. The van der Waals surface area contributed by atoms with Gasteiger partial charge in [-0.15, -0.1) is 11.3 Å². The largest absolute Gasteiger partial charge is 0.492 e. The maximum atomic E-state index is 13.4. The molecule has 16 heavy (non-hydrogen) atoms. The minimum atomic E-state index is -1.28. The maximum absolute atomic E-state index is 13.4. The number of thiazole rings is 1. The number of aromatic carboxylic acids is 1. The molecule has 0 aliphatic carbocycles. The lowest BCUT2D eigenvalue weighted by Crippen LogP contribution is -1.91. The lowest BCUT2D eigenvalue weighted by Gasteiger charge is -1.96. The first kappa shape index (κ1) is 10.6. The van der Waals surface area contributed by atoms with Gasteiger partial charge in [0.1, 0.15) is 10.8 Å². The lowest BCUT2D eigenvalue weighted by molar-refractivity contribution is 0.0699. The number of aromatic nitrogens is 1. The third-order valence-corrected chi connectivity index (χ3v) is 2.97. The van der Waals surface area contributed by atoms with Gasteiger partial charge in [-0.3, -0.25) is 0 Å². The number of nitrogens with zero attached hydrogens (tertiary/aromatic N) is 1. The van der Waals surface area contributed by atoms with Crippen LogP contribution in [0.15, 0.2) is 24.3 Å². The van der Waals surface area contributed by atoms with Crippen LogP contribution in [0.25, 0.3) is 10.6 Å². The highest BCUT2D eigenvalue weighted by atomic mass is 32.1. The minimum absolute atomic E-state index is 0.146. The van der Waals surface area contributed by atoms with E-state index in [0.29, 0.717) is 0 Å². The summed E-state index contributed by atoms with van der Waals surface area (Å²) >= 11 is 0.734. The monoisotopic (exact) mass is 239 g/mol. The van der Waals surface area contributed by atoms with Crippen LogP contribution in [0.2, 0.25) is 0 Å². The smallest absolute Gasteiger partial charge is 0.351 e. The summed E-state index contributed by atoms with van der Waals surface area (Å²) < 4.78 is 13.4. The second-order valence-corrected chi connectivity index (χ2v) is 3.96. The molecule has 6 heteroatoms. The topological polar surface area (TPSA) is 70.4 Å². The molecule has 2 rings (SSSR count). The molecule has 0 spiro atoms. The molecule has 2 N–H and O–H groups in total. The highest BCUT2D eigenvalue weighted by Crippen LogP contribution is 2.32. The molecule has 1 aromatic heterocycles. The standard InChI is InChI=1S/C10H6FNO3S/c11-6-4-2-1-3-5(6)9-12-8(13)7(16-9)10(14)15/h1-4,13H,(H,14,15). The summed E-state index contributed by atoms with van der Waals surface area (Å²) in [4.78, 5) is 14.0. The molecule has 0 fully saturated rings. The fraction of sp³-hybridized carbons (Fsp3) is 0. The Bertz CT molecular complexity index is 553. The van der Waals surface area contributed by atoms with Crippen molar-refractivity contribution in [2.45, 2.75) is 0 Å². The van der Waals surface area contributed by atoms with Crippen molar-refractivity contribution in [1.29, 1.82) is 0 Å². The van der Waals surface area contributed by atoms with Crippen LogP contribution < -0.4 is 0 Å². The lowest BCUT2D eigenvalue weighted by atomic mass is 10.2. The molecule has 4 nitrogen and oxygen atoms in total. The number of carboxylic acids is 1. The van der Waals surface area contributed by atoms with E-state index in [9.17, 15) is 14.3 Å². The molecule has 0 saturated carbocycles. The van der Waals surface area contributed by atoms with Gasteiger partial charge < -0.3 is 10.2 Å². The van der Waals surface area contributed by atoms with Crippen molar-refractivity contribution in [2.24, 2.45) is 0 Å². The number of aromatic hydroxyl groups is 1. The van der Waals surface area contributed by atoms with Crippen molar-refractivity contribution in [3.05, 3.63) is 35.0 Å². The van der Waals surface area contributed by atoms with E-state index in [-0.39, 0.29) is 15.4 Å². The first-order valence-corrected chi connectivity index (χ1v) is 5.09. The molecule has 0 amide bonds. The van der Waals surface area contributed by atoms with Crippen LogP contribution in [0.4, 0.5) is 4.39 Å². The molecule has 0 radical (unpaired) electrons. The molecule has 82 valence electrons. The van der Waals surface area contributed by atoms with Crippen LogP contribution in [-0.4, -0.2) is 21.2 Å². The Morgan fingerprint density at radius 1 is 1.38 bits per heavy atom. The van der Waals surface area contributed by atoms with Gasteiger partial charge in [0.15, 0.2) is 4.88 Å². The molecule has 1 heterocycles. The Morgan fingerprint density at radius 2 is 2.06 bits per heavy atom. The Labute approximate surface area is 93.6 Å². The van der Waals surface area contributed by atoms with Gasteiger partial charge >= 0.3 is 5.97 Å². The Balaban J connectivity index is 2.54. The van der Waals surface area contributed by atoms with E-state index >= 15 is 0 Å². The number of carbonyl (C=O) groups is 1. The molecule has 0 atom stereocenters. The van der Waals surface area contributed by atoms with Crippen molar-refractivity contribution in [3.63, 3.8) is 0 Å². The van der Waals surface area contributed by atoms with Crippen molar-refractivity contribution in [3.8, 4) is 16.5 Å². The normalized spacial score (nSPS) is 10.3. The molecular weight excluding hydrogens is 233 g/mol. The van der Waals surface area contributed by atoms with E-state index in [4.69, 9.17) is 5.11 Å². The predicted molar refractivity (Wildman–Crippen MR) is 56.1 cm³/mol. The van der Waals surface area contributed by atoms with Gasteiger partial charge in [0.2, 0.25) is 5.88 Å². The highest BCUT2D eigenvalue weighted by molar-refractivity contribution is 7.17. The molecule has 0 aliphatic heterocycles. The van der Waals surface area contributed by atoms with Crippen molar-refractivity contribution < 1.29 is 19.4 Å². The zero-order valence-electron chi connectivity index (χ0n) is 7.85. The Hall–Kier alpha value is -1.95. The van der Waals surface area contributed by atoms with Crippen molar-refractivity contribution in [1.82, 2.24) is 4.98 Å². The molecule has 0 saturated heterocycles. The van der Waals surface area contributed by atoms with E-state index in [0.717, 1.165) is 11.3 Å². The van der Waals surface area contributed by atoms with E-state index in [1.165, 1.54) is 18.2 Å². The molecular formula is C10H6FNO3S. The first-order chi connectivity index (χ1) is 7.59. The van der Waals surface area contributed by atoms with Gasteiger partial charge in [-0.2, -0.15) is 0 Å². The first-order valence-electron chi connectivity index (χ1n) is 4.27. The maximum Gasteiger partial charge on any atom is 0.351 e. The van der Waals surface area contributed by atoms with Crippen LogP contribution in [0, 0.1) is 5.82 Å². The number of benzene rings is 1. The van der Waals surface area contributed by atoms with Gasteiger partial charge in [0.05, 0.1) is 0 Å². The fourth-order valence-electron chi connectivity index (χ4n) is 1.20. The van der Waals surface area contributed by atoms with Crippen LogP contribution in [0.1, 0.15) is 9.67 Å². The van der Waals surface area contributed by atoms with Gasteiger partial charge in [-0.1, -0.05) is 12.1 Å². The average Bonchev–Trinajstić information content (AvgIpc) is 2.61. The SMILES string of the molecule is O=C(O)c1sc(-c2ccccc2F)nc1O. The van der Waals surface area contributed by atoms with Crippen molar-refractivity contribution in [2.75, 3.05) is 0 Å². The van der Waals surface area contributed by atoms with Crippen LogP contribution >= 0.6 is 11.3 Å². The van der Waals surface area contributed by atoms with E-state index < -0.39 is 17.7 Å². The number of halogens is 1. The summed E-state index contributed by atoms with van der Waals surface area (Å²) in [6.07, 6.45) is 0. The summed E-state index contributed by atoms with van der Waals surface area (Å²) in [5.74, 6) is -2.37. The number of carboxylic acid groups (broad SMARTS) is 1. The Morgan fingerprint density at radius 3 is 2.62 bits per heavy atom. The summed E-state index contributed by atoms with van der Waals surface area (Å²) in [6, 6.07) is 5.84. The predicted octanol–water partition coefficient (Wildman–Crippen LogP) is 2.35. The van der Waals surface area contributed by atoms with Gasteiger partial charge in [0.25, 0.3) is 0 Å². The molecule has 0 unspecified atom stereocenters. The second kappa shape index (κ2) is 3.90. The molecule has 0 bridgehead atoms. The molecule has 1 aromatic carbocycles. The molecule has 2 aromatic rings. The number of hydrogen-bond donors (Lipinski definition) is 2. The van der Waals surface area contributed by atoms with Crippen LogP contribution in [0.3, 0.4) is 0 Å². The minimum Gasteiger partial charge on any atom is -0.492 e. The Kier molecular flexibility index (Phi) is 2.57. The number of rotatable bonds is 2. The van der Waals surface area contributed by atoms with Crippen LogP contribution in [-0.2, 0) is 0 Å². The third kappa shape index (κ3) is 1.74. The fourth-order valence-corrected chi connectivity index (χ4v) is 2.03. The van der Waals surface area contributed by atoms with E-state index in [2.05, 4.69) is 4.98 Å². The van der Waals surface area contributed by atoms with Gasteiger partial charge in [0, 0.05) is 5.56 Å². The third-order valence-electron chi connectivity index (χ3n) is 1.91. The van der Waals surface area contributed by atoms with Crippen molar-refractivity contribution >= 4 is 17.3 Å². The average molecular weight is 239 g/mol. The van der Waals surface area contributed by atoms with Gasteiger partial charge in [-0.25, -0.2) is 14.2 Å². The summed E-state index contributed by atoms with van der Waals surface area (Å²) in [7, 11) is 0. The van der Waals surface area contributed by atoms with E-state index in [1.54, 1.807) is 6.07 Å². The summed E-state index contributed by atoms with van der Waals surface area (Å²) in [5.41, 5.74) is 0.176. The molecule has 0 aliphatic rings. The quantitative estimate of drug-likeness (QED) is 0.843. The van der Waals surface area contributed by atoms with E-state index in [1.807, 2.05) is 0 Å². The summed E-state index contributed by atoms with van der Waals surface area (Å²) in [5, 5.41) is 18.1. The number of hydrogen-bond acceptors (Lipinski definition) is 4. The van der Waals surface area contributed by atoms with Gasteiger partial charge in [-0.05, 0) is 12.1 Å². The highest BCUT2D eigenvalue weighted by Gasteiger charge is 2.18. The summed E-state index contributed by atoms with van der Waals surface area (Å²) in [6.45, 7) is 0. The zero-order valence-corrected chi connectivity index (χ0v) is 8.66.